The van der Waals surface area contributed by atoms with Crippen molar-refractivity contribution in [1.29, 1.82) is 0 Å². The van der Waals surface area contributed by atoms with E-state index in [0.717, 1.165) is 5.57 Å². The third-order valence-electron chi connectivity index (χ3n) is 2.36. The van der Waals surface area contributed by atoms with E-state index in [1.807, 2.05) is 0 Å². The Labute approximate surface area is 92.5 Å². The second kappa shape index (κ2) is 3.68. The molecule has 1 N–H and O–H groups in total. The van der Waals surface area contributed by atoms with E-state index in [9.17, 15) is 8.42 Å². The molecule has 0 saturated carbocycles. The van der Waals surface area contributed by atoms with Gasteiger partial charge in [-0.2, -0.15) is 13.2 Å². The fraction of sp³-hybridized carbons (Fsp3) is 0.100. The lowest BCUT2D eigenvalue weighted by atomic mass is 9.92. The van der Waals surface area contributed by atoms with E-state index in [1.54, 1.807) is 24.3 Å². The van der Waals surface area contributed by atoms with Gasteiger partial charge in [0.15, 0.2) is 0 Å². The molecule has 0 fully saturated rings. The van der Waals surface area contributed by atoms with E-state index in [4.69, 9.17) is 10.1 Å². The Hall–Kier alpha value is -1.75. The Morgan fingerprint density at radius 3 is 2.75 bits per heavy atom. The van der Waals surface area contributed by atoms with Gasteiger partial charge in [-0.25, -0.2) is 0 Å². The maximum atomic E-state index is 11.0. The molecule has 1 unspecified atom stereocenters. The predicted molar refractivity (Wildman–Crippen MR) is 58.4 cm³/mol. The van der Waals surface area contributed by atoms with E-state index in [-0.39, 0.29) is 5.71 Å². The van der Waals surface area contributed by atoms with Gasteiger partial charge in [0.25, 0.3) is 10.1 Å². The summed E-state index contributed by atoms with van der Waals surface area (Å²) in [7, 11) is -4.16. The van der Waals surface area contributed by atoms with Crippen LogP contribution in [0.1, 0.15) is 0 Å². The number of fused-ring (bicyclic) bond motifs is 1. The summed E-state index contributed by atoms with van der Waals surface area (Å²) in [6.45, 7) is 0. The number of hydrogen-bond acceptors (Lipinski definition) is 2. The van der Waals surface area contributed by atoms with Gasteiger partial charge in [-0.05, 0) is 11.6 Å². The van der Waals surface area contributed by atoms with Crippen LogP contribution in [-0.4, -0.2) is 28.7 Å². The van der Waals surface area contributed by atoms with Gasteiger partial charge in [-0.1, -0.05) is 24.3 Å². The van der Waals surface area contributed by atoms with Crippen LogP contribution >= 0.6 is 0 Å². The number of rotatable bonds is 1. The van der Waals surface area contributed by atoms with E-state index in [0.29, 0.717) is 5.57 Å². The number of hydrogen-bond donors (Lipinski definition) is 1. The molecule has 82 valence electrons. The molecule has 0 bridgehead atoms. The lowest BCUT2D eigenvalue weighted by Gasteiger charge is -2.14. The zero-order chi connectivity index (χ0) is 11.8. The average Bonchev–Trinajstić information content (AvgIpc) is 2.26. The number of nitrogens with zero attached hydrogens (tertiary/aromatic N) is 2. The lowest BCUT2D eigenvalue weighted by molar-refractivity contribution is -0.00236. The zero-order valence-electron chi connectivity index (χ0n) is 8.11. The molecule has 5 nitrogen and oxygen atoms in total. The Morgan fingerprint density at radius 1 is 1.38 bits per heavy atom. The smallest absolute Gasteiger partial charge is 0.322 e. The van der Waals surface area contributed by atoms with Crippen molar-refractivity contribution in [2.45, 2.75) is 5.25 Å². The van der Waals surface area contributed by atoms with Crippen molar-refractivity contribution >= 4 is 15.8 Å². The Bertz CT molecular complexity index is 602. The van der Waals surface area contributed by atoms with Crippen molar-refractivity contribution in [2.75, 3.05) is 0 Å². The SMILES string of the molecule is [N-]=[N+]=C1C=CC=C2C=CC(S(=O)(=O)O)C=C21. The van der Waals surface area contributed by atoms with Crippen molar-refractivity contribution in [3.05, 3.63) is 53.1 Å². The van der Waals surface area contributed by atoms with Crippen molar-refractivity contribution in [3.63, 3.8) is 0 Å². The molecule has 0 saturated heterocycles. The van der Waals surface area contributed by atoms with Crippen molar-refractivity contribution in [3.8, 4) is 0 Å². The summed E-state index contributed by atoms with van der Waals surface area (Å²) in [5.41, 5.74) is 10.3. The summed E-state index contributed by atoms with van der Waals surface area (Å²) < 4.78 is 30.9. The Balaban J connectivity index is 2.53. The fourth-order valence-corrected chi connectivity index (χ4v) is 2.17. The Morgan fingerprint density at radius 2 is 2.12 bits per heavy atom. The van der Waals surface area contributed by atoms with E-state index in [1.165, 1.54) is 12.2 Å². The van der Waals surface area contributed by atoms with Gasteiger partial charge in [-0.3, -0.25) is 4.55 Å². The molecule has 2 aliphatic carbocycles. The largest absolute Gasteiger partial charge is 0.361 e. The summed E-state index contributed by atoms with van der Waals surface area (Å²) in [5.74, 6) is 0. The van der Waals surface area contributed by atoms with Gasteiger partial charge < -0.3 is 5.53 Å². The van der Waals surface area contributed by atoms with Gasteiger partial charge in [-0.15, -0.1) is 0 Å². The first-order valence-corrected chi connectivity index (χ1v) is 6.00. The minimum Gasteiger partial charge on any atom is -0.361 e. The molecular weight excluding hydrogens is 228 g/mol. The monoisotopic (exact) mass is 236 g/mol. The quantitative estimate of drug-likeness (QED) is 0.416. The molecule has 2 rings (SSSR count). The Kier molecular flexibility index (Phi) is 2.47. The fourth-order valence-electron chi connectivity index (χ4n) is 1.59. The lowest BCUT2D eigenvalue weighted by Crippen LogP contribution is -2.21. The molecule has 0 amide bonds. The summed E-state index contributed by atoms with van der Waals surface area (Å²) in [6, 6.07) is 0. The molecule has 0 aromatic heterocycles. The van der Waals surface area contributed by atoms with Gasteiger partial charge in [0.05, 0.1) is 5.57 Å². The summed E-state index contributed by atoms with van der Waals surface area (Å²) in [5, 5.41) is -1.09. The molecule has 0 spiro atoms. The second-order valence-electron chi connectivity index (χ2n) is 3.39. The van der Waals surface area contributed by atoms with Gasteiger partial charge in [0.1, 0.15) is 5.25 Å². The van der Waals surface area contributed by atoms with Crippen LogP contribution in [0.4, 0.5) is 0 Å². The molecule has 16 heavy (non-hydrogen) atoms. The number of allylic oxidation sites excluding steroid dienone is 6. The highest BCUT2D eigenvalue weighted by molar-refractivity contribution is 7.86. The van der Waals surface area contributed by atoms with Crippen LogP contribution in [0.5, 0.6) is 0 Å². The summed E-state index contributed by atoms with van der Waals surface area (Å²) in [6.07, 6.45) is 9.30. The van der Waals surface area contributed by atoms with Crippen LogP contribution in [0.15, 0.2) is 47.6 Å². The molecular formula is C10H8N2O3S. The molecule has 0 radical (unpaired) electrons. The van der Waals surface area contributed by atoms with Crippen LogP contribution in [0.3, 0.4) is 0 Å². The first kappa shape index (κ1) is 10.8. The van der Waals surface area contributed by atoms with Gasteiger partial charge >= 0.3 is 5.71 Å². The molecule has 0 aliphatic heterocycles. The van der Waals surface area contributed by atoms with Crippen molar-refractivity contribution in [1.82, 2.24) is 0 Å². The van der Waals surface area contributed by atoms with Crippen LogP contribution in [0.25, 0.3) is 5.53 Å². The maximum Gasteiger partial charge on any atom is 0.322 e. The molecule has 2 aliphatic rings. The van der Waals surface area contributed by atoms with Crippen LogP contribution < -0.4 is 0 Å². The van der Waals surface area contributed by atoms with E-state index < -0.39 is 15.4 Å². The van der Waals surface area contributed by atoms with Gasteiger partial charge in [0.2, 0.25) is 0 Å². The minimum atomic E-state index is -4.16. The molecule has 0 aromatic carbocycles. The first-order valence-electron chi connectivity index (χ1n) is 4.50. The molecule has 6 heteroatoms. The normalized spacial score (nSPS) is 23.3. The first-order chi connectivity index (χ1) is 7.52. The highest BCUT2D eigenvalue weighted by Gasteiger charge is 2.27. The van der Waals surface area contributed by atoms with Crippen LogP contribution in [-0.2, 0) is 10.1 Å². The van der Waals surface area contributed by atoms with Crippen molar-refractivity contribution in [2.24, 2.45) is 0 Å². The zero-order valence-corrected chi connectivity index (χ0v) is 8.92. The second-order valence-corrected chi connectivity index (χ2v) is 4.96. The standard InChI is InChI=1S/C10H8N2O3S/c11-12-10-3-1-2-7-4-5-8(6-9(7)10)16(13,14)15/h1-6,8H,(H,13,14,15). The van der Waals surface area contributed by atoms with E-state index in [2.05, 4.69) is 4.79 Å². The molecule has 0 aromatic rings. The molecule has 1 atom stereocenters. The van der Waals surface area contributed by atoms with Crippen LogP contribution in [0, 0.1) is 0 Å². The van der Waals surface area contributed by atoms with Gasteiger partial charge in [0, 0.05) is 6.08 Å². The maximum absolute atomic E-state index is 11.0. The summed E-state index contributed by atoms with van der Waals surface area (Å²) >= 11 is 0. The highest BCUT2D eigenvalue weighted by Crippen LogP contribution is 2.25. The topological polar surface area (TPSA) is 90.8 Å². The third-order valence-corrected chi connectivity index (χ3v) is 3.35. The molecule has 0 heterocycles. The van der Waals surface area contributed by atoms with E-state index >= 15 is 0 Å². The van der Waals surface area contributed by atoms with Crippen molar-refractivity contribution < 1.29 is 17.8 Å². The highest BCUT2D eigenvalue weighted by atomic mass is 32.2. The summed E-state index contributed by atoms with van der Waals surface area (Å²) in [4.78, 5) is 3.06. The minimum absolute atomic E-state index is 0.274. The average molecular weight is 236 g/mol. The van der Waals surface area contributed by atoms with Crippen LogP contribution in [0.2, 0.25) is 0 Å². The third kappa shape index (κ3) is 1.81. The predicted octanol–water partition coefficient (Wildman–Crippen LogP) is 0.906.